The van der Waals surface area contributed by atoms with Gasteiger partial charge >= 0.3 is 0 Å². The lowest BCUT2D eigenvalue weighted by Gasteiger charge is -2.01. The van der Waals surface area contributed by atoms with Gasteiger partial charge in [0.2, 0.25) is 0 Å². The molecule has 0 aliphatic heterocycles. The van der Waals surface area contributed by atoms with Gasteiger partial charge in [-0.05, 0) is 25.1 Å². The number of nitrogens with zero attached hydrogens (tertiary/aromatic N) is 1. The van der Waals surface area contributed by atoms with E-state index in [1.165, 1.54) is 23.5 Å². The Morgan fingerprint density at radius 2 is 2.29 bits per heavy atom. The summed E-state index contributed by atoms with van der Waals surface area (Å²) in [4.78, 5) is 16.9. The van der Waals surface area contributed by atoms with Crippen LogP contribution in [0.2, 0.25) is 0 Å². The van der Waals surface area contributed by atoms with Crippen molar-refractivity contribution in [2.24, 2.45) is 0 Å². The van der Waals surface area contributed by atoms with E-state index in [0.717, 1.165) is 11.1 Å². The summed E-state index contributed by atoms with van der Waals surface area (Å²) >= 11 is 1.31. The van der Waals surface area contributed by atoms with Crippen molar-refractivity contribution >= 4 is 28.7 Å². The molecule has 88 valence electrons. The minimum Gasteiger partial charge on any atom is -0.398 e. The van der Waals surface area contributed by atoms with Crippen molar-refractivity contribution in [3.8, 4) is 0 Å². The number of aryl methyl sites for hydroxylation is 1. The first-order valence-corrected chi connectivity index (χ1v) is 5.67. The van der Waals surface area contributed by atoms with Gasteiger partial charge in [0.05, 0.1) is 11.1 Å². The van der Waals surface area contributed by atoms with E-state index in [-0.39, 0.29) is 5.91 Å². The zero-order valence-corrected chi connectivity index (χ0v) is 9.84. The quantitative estimate of drug-likeness (QED) is 0.861. The van der Waals surface area contributed by atoms with Gasteiger partial charge in [-0.25, -0.2) is 9.37 Å². The monoisotopic (exact) mass is 251 g/mol. The molecule has 6 heteroatoms. The molecule has 0 aliphatic carbocycles. The van der Waals surface area contributed by atoms with Crippen molar-refractivity contribution in [2.75, 3.05) is 11.1 Å². The number of hydrogen-bond donors (Lipinski definition) is 2. The van der Waals surface area contributed by atoms with E-state index in [1.807, 2.05) is 6.92 Å². The number of thiophene rings is 1. The Balaban J connectivity index is 2.14. The maximum atomic E-state index is 12.6. The molecule has 2 aromatic rings. The molecule has 0 saturated heterocycles. The molecule has 0 spiro atoms. The van der Waals surface area contributed by atoms with Crippen LogP contribution in [0, 0.1) is 12.7 Å². The third kappa shape index (κ3) is 2.59. The van der Waals surface area contributed by atoms with Crippen molar-refractivity contribution in [1.82, 2.24) is 4.98 Å². The van der Waals surface area contributed by atoms with Gasteiger partial charge in [0.1, 0.15) is 11.6 Å². The lowest BCUT2D eigenvalue weighted by Crippen LogP contribution is -2.11. The molecule has 0 unspecified atom stereocenters. The van der Waals surface area contributed by atoms with Gasteiger partial charge < -0.3 is 11.1 Å². The van der Waals surface area contributed by atoms with Crippen LogP contribution in [0.25, 0.3) is 0 Å². The average Bonchev–Trinajstić information content (AvgIpc) is 2.63. The van der Waals surface area contributed by atoms with E-state index in [1.54, 1.807) is 6.07 Å². The fraction of sp³-hybridized carbons (Fsp3) is 0.0909. The molecular formula is C11H10FN3OS. The summed E-state index contributed by atoms with van der Waals surface area (Å²) in [6.45, 7) is 1.84. The molecule has 2 rings (SSSR count). The maximum absolute atomic E-state index is 12.6. The Kier molecular flexibility index (Phi) is 3.06. The lowest BCUT2D eigenvalue weighted by molar-refractivity contribution is 0.103. The average molecular weight is 251 g/mol. The Labute approximate surface area is 101 Å². The van der Waals surface area contributed by atoms with Gasteiger partial charge in [-0.15, -0.1) is 11.3 Å². The molecule has 2 aromatic heterocycles. The summed E-state index contributed by atoms with van der Waals surface area (Å²) in [6, 6.07) is 4.24. The maximum Gasteiger partial charge on any atom is 0.266 e. The van der Waals surface area contributed by atoms with E-state index in [9.17, 15) is 9.18 Å². The van der Waals surface area contributed by atoms with Crippen LogP contribution in [0.5, 0.6) is 0 Å². The Hall–Kier alpha value is -1.95. The van der Waals surface area contributed by atoms with E-state index in [4.69, 9.17) is 5.73 Å². The van der Waals surface area contributed by atoms with Crippen LogP contribution in [-0.2, 0) is 0 Å². The number of nitrogens with two attached hydrogens (primary N) is 1. The number of anilines is 2. The van der Waals surface area contributed by atoms with Crippen LogP contribution in [-0.4, -0.2) is 10.9 Å². The van der Waals surface area contributed by atoms with E-state index in [0.29, 0.717) is 16.4 Å². The molecule has 3 N–H and O–H groups in total. The van der Waals surface area contributed by atoms with Gasteiger partial charge in [-0.2, -0.15) is 0 Å². The summed E-state index contributed by atoms with van der Waals surface area (Å²) in [5.74, 6) is -0.436. The van der Waals surface area contributed by atoms with E-state index >= 15 is 0 Å². The Morgan fingerprint density at radius 1 is 1.53 bits per heavy atom. The van der Waals surface area contributed by atoms with E-state index < -0.39 is 5.82 Å². The van der Waals surface area contributed by atoms with Gasteiger partial charge in [-0.1, -0.05) is 0 Å². The molecule has 0 radical (unpaired) electrons. The Morgan fingerprint density at radius 3 is 2.82 bits per heavy atom. The van der Waals surface area contributed by atoms with Crippen LogP contribution in [0.15, 0.2) is 24.4 Å². The lowest BCUT2D eigenvalue weighted by atomic mass is 10.3. The van der Waals surface area contributed by atoms with Gasteiger partial charge in [0.25, 0.3) is 5.91 Å². The number of halogens is 1. The fourth-order valence-electron chi connectivity index (χ4n) is 1.24. The number of amides is 1. The number of pyridine rings is 1. The number of hydrogen-bond acceptors (Lipinski definition) is 4. The topological polar surface area (TPSA) is 68.0 Å². The van der Waals surface area contributed by atoms with Crippen molar-refractivity contribution in [3.05, 3.63) is 40.0 Å². The minimum atomic E-state index is -0.445. The van der Waals surface area contributed by atoms with Crippen LogP contribution in [0.3, 0.4) is 0 Å². The summed E-state index contributed by atoms with van der Waals surface area (Å²) in [7, 11) is 0. The molecule has 0 atom stereocenters. The smallest absolute Gasteiger partial charge is 0.266 e. The van der Waals surface area contributed by atoms with Crippen molar-refractivity contribution in [2.45, 2.75) is 6.92 Å². The standard InChI is InChI=1S/C11H10FN3OS/c1-6-8(13)4-9(17-6)11(16)15-10-3-2-7(12)5-14-10/h2-5H,13H2,1H3,(H,14,15,16). The van der Waals surface area contributed by atoms with Crippen molar-refractivity contribution in [3.63, 3.8) is 0 Å². The highest BCUT2D eigenvalue weighted by Crippen LogP contribution is 2.23. The van der Waals surface area contributed by atoms with Crippen molar-refractivity contribution < 1.29 is 9.18 Å². The van der Waals surface area contributed by atoms with Gasteiger partial charge in [0.15, 0.2) is 0 Å². The Bertz CT molecular complexity index is 531. The predicted molar refractivity (Wildman–Crippen MR) is 65.6 cm³/mol. The summed E-state index contributed by atoms with van der Waals surface area (Å²) in [5.41, 5.74) is 6.25. The highest BCUT2D eigenvalue weighted by Gasteiger charge is 2.11. The van der Waals surface area contributed by atoms with Crippen molar-refractivity contribution in [1.29, 1.82) is 0 Å². The van der Waals surface area contributed by atoms with Crippen LogP contribution in [0.1, 0.15) is 14.5 Å². The molecule has 0 aromatic carbocycles. The normalized spacial score (nSPS) is 10.2. The largest absolute Gasteiger partial charge is 0.398 e. The fourth-order valence-corrected chi connectivity index (χ4v) is 2.07. The number of rotatable bonds is 2. The first kappa shape index (κ1) is 11.5. The molecule has 17 heavy (non-hydrogen) atoms. The molecule has 0 aliphatic rings. The molecule has 2 heterocycles. The molecule has 0 fully saturated rings. The second kappa shape index (κ2) is 4.50. The highest BCUT2D eigenvalue weighted by molar-refractivity contribution is 7.14. The predicted octanol–water partition coefficient (Wildman–Crippen LogP) is 2.43. The first-order valence-electron chi connectivity index (χ1n) is 4.85. The van der Waals surface area contributed by atoms with Crippen LogP contribution in [0.4, 0.5) is 15.9 Å². The van der Waals surface area contributed by atoms with E-state index in [2.05, 4.69) is 10.3 Å². The molecular weight excluding hydrogens is 241 g/mol. The highest BCUT2D eigenvalue weighted by atomic mass is 32.1. The number of nitrogens with one attached hydrogen (secondary N) is 1. The summed E-state index contributed by atoms with van der Waals surface area (Å²) in [5, 5.41) is 2.56. The van der Waals surface area contributed by atoms with Gasteiger partial charge in [-0.3, -0.25) is 4.79 Å². The molecule has 4 nitrogen and oxygen atoms in total. The third-order valence-corrected chi connectivity index (χ3v) is 3.21. The minimum absolute atomic E-state index is 0.297. The zero-order valence-electron chi connectivity index (χ0n) is 9.03. The molecule has 0 saturated carbocycles. The summed E-state index contributed by atoms with van der Waals surface area (Å²) < 4.78 is 12.6. The third-order valence-electron chi connectivity index (χ3n) is 2.15. The second-order valence-corrected chi connectivity index (χ2v) is 4.69. The van der Waals surface area contributed by atoms with Crippen LogP contribution >= 0.6 is 11.3 Å². The SMILES string of the molecule is Cc1sc(C(=O)Nc2ccc(F)cn2)cc1N. The first-order chi connectivity index (χ1) is 8.06. The number of aromatic nitrogens is 1. The zero-order chi connectivity index (χ0) is 12.4. The van der Waals surface area contributed by atoms with Crippen LogP contribution < -0.4 is 11.1 Å². The second-order valence-electron chi connectivity index (χ2n) is 3.44. The van der Waals surface area contributed by atoms with Gasteiger partial charge in [0, 0.05) is 10.6 Å². The number of carbonyl (C=O) groups excluding carboxylic acids is 1. The summed E-state index contributed by atoms with van der Waals surface area (Å²) in [6.07, 6.45) is 1.05. The molecule has 1 amide bonds. The number of nitrogen functional groups attached to an aromatic ring is 1. The number of carbonyl (C=O) groups is 1. The molecule has 0 bridgehead atoms.